The van der Waals surface area contributed by atoms with Gasteiger partial charge in [-0.05, 0) is 126 Å². The molecule has 63 heavy (non-hydrogen) atoms. The van der Waals surface area contributed by atoms with Crippen LogP contribution >= 0.6 is 34.8 Å². The van der Waals surface area contributed by atoms with E-state index in [-0.39, 0.29) is 27.2 Å². The van der Waals surface area contributed by atoms with E-state index in [9.17, 15) is 25.3 Å². The van der Waals surface area contributed by atoms with Gasteiger partial charge in [-0.2, -0.15) is 0 Å². The Morgan fingerprint density at radius 3 is 1.24 bits per heavy atom. The summed E-state index contributed by atoms with van der Waals surface area (Å²) in [4.78, 5) is 21.3. The Labute approximate surface area is 387 Å². The Balaban J connectivity index is 0.000000210. The van der Waals surface area contributed by atoms with Crippen LogP contribution in [0.1, 0.15) is 41.5 Å². The summed E-state index contributed by atoms with van der Waals surface area (Å²) in [6, 6.07) is 36.6. The van der Waals surface area contributed by atoms with Gasteiger partial charge >= 0.3 is 0 Å². The quantitative estimate of drug-likeness (QED) is 0.0629. The summed E-state index contributed by atoms with van der Waals surface area (Å²) in [6.45, 7) is 22.1. The lowest BCUT2D eigenvalue weighted by molar-refractivity contribution is -0.384. The van der Waals surface area contributed by atoms with Gasteiger partial charge in [0, 0.05) is 38.5 Å². The molecule has 332 valence electrons. The minimum atomic E-state index is -1.97. The Morgan fingerprint density at radius 2 is 0.873 bits per heavy atom. The van der Waals surface area contributed by atoms with Crippen molar-refractivity contribution >= 4 is 68.5 Å². The van der Waals surface area contributed by atoms with Gasteiger partial charge in [-0.25, -0.2) is 0 Å². The fourth-order valence-corrected chi connectivity index (χ4v) is 8.18. The van der Waals surface area contributed by atoms with Crippen LogP contribution in [0.3, 0.4) is 0 Å². The number of nitro groups is 2. The van der Waals surface area contributed by atoms with Crippen molar-refractivity contribution in [2.24, 2.45) is 0 Å². The first-order valence-corrected chi connectivity index (χ1v) is 27.0. The van der Waals surface area contributed by atoms with Gasteiger partial charge in [0.15, 0.2) is 0 Å². The molecule has 0 aliphatic rings. The molecule has 0 aliphatic heterocycles. The van der Waals surface area contributed by atoms with Crippen LogP contribution in [-0.4, -0.2) is 31.6 Å². The lowest BCUT2D eigenvalue weighted by Crippen LogP contribution is -2.43. The Hall–Kier alpha value is -5.38. The maximum Gasteiger partial charge on any atom is 0.278 e. The second-order valence-electron chi connectivity index (χ2n) is 17.9. The van der Waals surface area contributed by atoms with Crippen molar-refractivity contribution in [3.8, 4) is 50.6 Å². The Kier molecular flexibility index (Phi) is 16.3. The number of anilines is 1. The van der Waals surface area contributed by atoms with Gasteiger partial charge in [-0.1, -0.05) is 119 Å². The number of nitrogen functional groups attached to an aromatic ring is 1. The van der Waals surface area contributed by atoms with Crippen molar-refractivity contribution in [1.29, 1.82) is 0 Å². The third-order valence-corrected chi connectivity index (χ3v) is 20.6. The van der Waals surface area contributed by atoms with Crippen LogP contribution in [0.15, 0.2) is 127 Å². The molecule has 3 N–H and O–H groups in total. The average molecular weight is 948 g/mol. The van der Waals surface area contributed by atoms with E-state index in [4.69, 9.17) is 49.4 Å². The van der Waals surface area contributed by atoms with Gasteiger partial charge in [0.1, 0.15) is 17.2 Å². The van der Waals surface area contributed by atoms with E-state index in [0.717, 1.165) is 28.2 Å². The Bertz CT molecular complexity index is 2590. The summed E-state index contributed by atoms with van der Waals surface area (Å²) >= 11 is 17.6. The van der Waals surface area contributed by atoms with Gasteiger partial charge in [-0.3, -0.25) is 20.2 Å². The highest BCUT2D eigenvalue weighted by Crippen LogP contribution is 2.41. The highest BCUT2D eigenvalue weighted by molar-refractivity contribution is 6.75. The number of nitrogens with two attached hydrogens (primary N) is 1. The van der Waals surface area contributed by atoms with E-state index < -0.39 is 26.5 Å². The summed E-state index contributed by atoms with van der Waals surface area (Å²) in [6.07, 6.45) is 0. The van der Waals surface area contributed by atoms with Crippen LogP contribution in [-0.2, 0) is 0 Å². The average Bonchev–Trinajstić information content (AvgIpc) is 3.17. The third-order valence-electron chi connectivity index (χ3n) is 11.1. The number of nitrogens with zero attached hydrogens (tertiary/aromatic N) is 2. The van der Waals surface area contributed by atoms with Crippen LogP contribution in [0, 0.1) is 20.2 Å². The molecule has 0 spiro atoms. The molecular formula is C48H54Cl3N3O7Si2. The summed E-state index contributed by atoms with van der Waals surface area (Å²) in [7, 11) is -3.81. The number of phenols is 1. The normalized spacial score (nSPS) is 11.6. The fraction of sp³-hybridized carbons (Fsp3) is 0.250. The molecule has 0 radical (unpaired) electrons. The molecule has 0 heterocycles. The van der Waals surface area contributed by atoms with E-state index in [1.54, 1.807) is 42.5 Å². The fourth-order valence-electron chi connectivity index (χ4n) is 5.62. The topological polar surface area (TPSA) is 151 Å². The van der Waals surface area contributed by atoms with Gasteiger partial charge in [-0.15, -0.1) is 0 Å². The zero-order valence-electron chi connectivity index (χ0n) is 37.1. The number of benzene rings is 6. The SMILES string of the molecule is CC(C)(C)[Si](C)(C)Oc1cccc(-c2ccc(Cl)cc2N)c1.CC(C)(C)[Si](C)(C)Oc1cccc(-c2ccc(Cl)cc2[N+](=O)[O-])c1.O=[N+]([O-])c1cc(Cl)ccc1-c1cccc(O)c1. The van der Waals surface area contributed by atoms with E-state index >= 15 is 0 Å². The second-order valence-corrected chi connectivity index (χ2v) is 28.7. The van der Waals surface area contributed by atoms with Gasteiger partial charge in [0.2, 0.25) is 16.6 Å². The molecule has 0 fully saturated rings. The number of nitro benzene ring substituents is 2. The van der Waals surface area contributed by atoms with E-state index in [1.807, 2.05) is 54.6 Å². The predicted molar refractivity (Wildman–Crippen MR) is 266 cm³/mol. The lowest BCUT2D eigenvalue weighted by atomic mass is 10.0. The van der Waals surface area contributed by atoms with Gasteiger partial charge < -0.3 is 19.7 Å². The molecule has 6 rings (SSSR count). The molecule has 6 aromatic carbocycles. The van der Waals surface area contributed by atoms with Crippen LogP contribution in [0.5, 0.6) is 17.2 Å². The predicted octanol–water partition coefficient (Wildman–Crippen LogP) is 15.9. The minimum absolute atomic E-state index is 0.00743. The summed E-state index contributed by atoms with van der Waals surface area (Å²) < 4.78 is 12.7. The molecule has 0 aromatic heterocycles. The van der Waals surface area contributed by atoms with Crippen molar-refractivity contribution in [2.45, 2.75) is 77.8 Å². The number of hydrogen-bond acceptors (Lipinski definition) is 8. The minimum Gasteiger partial charge on any atom is -0.543 e. The molecule has 0 amide bonds. The molecule has 0 saturated carbocycles. The van der Waals surface area contributed by atoms with Crippen molar-refractivity contribution in [1.82, 2.24) is 0 Å². The monoisotopic (exact) mass is 945 g/mol. The van der Waals surface area contributed by atoms with Gasteiger partial charge in [0.05, 0.1) is 21.0 Å². The number of rotatable bonds is 9. The molecule has 15 heteroatoms. The lowest BCUT2D eigenvalue weighted by Gasteiger charge is -2.36. The highest BCUT2D eigenvalue weighted by Gasteiger charge is 2.40. The third kappa shape index (κ3) is 13.6. The molecular weight excluding hydrogens is 893 g/mol. The zero-order valence-corrected chi connectivity index (χ0v) is 41.4. The molecule has 0 unspecified atom stereocenters. The van der Waals surface area contributed by atoms with Crippen molar-refractivity contribution in [3.05, 3.63) is 163 Å². The number of hydrogen-bond donors (Lipinski definition) is 2. The summed E-state index contributed by atoms with van der Waals surface area (Å²) in [5, 5.41) is 33.1. The molecule has 10 nitrogen and oxygen atoms in total. The van der Waals surface area contributed by atoms with Crippen LogP contribution in [0.4, 0.5) is 17.1 Å². The van der Waals surface area contributed by atoms with Crippen molar-refractivity contribution in [3.63, 3.8) is 0 Å². The second kappa shape index (κ2) is 20.4. The molecule has 0 bridgehead atoms. The standard InChI is InChI=1S/C18H22ClNO3Si.C18H24ClNOSi.C12H8ClNO3/c1-18(2,3)24(4,5)23-15-8-6-7-13(11-15)16-10-9-14(19)12-17(16)20(21)22;1-18(2,3)22(4,5)21-15-8-6-7-13(11-15)16-10-9-14(19)12-17(16)20;13-9-4-5-11(12(7-9)14(16)17)8-2-1-3-10(15)6-8/h6-12H,1-5H3;6-12H,20H2,1-5H3;1-7,15H. The smallest absolute Gasteiger partial charge is 0.278 e. The number of aromatic hydroxyl groups is 1. The zero-order chi connectivity index (χ0) is 47.1. The first-order valence-electron chi connectivity index (χ1n) is 20.0. The van der Waals surface area contributed by atoms with Crippen LogP contribution < -0.4 is 14.6 Å². The van der Waals surface area contributed by atoms with Gasteiger partial charge in [0.25, 0.3) is 11.4 Å². The number of phenolic OH excluding ortho intramolecular Hbond substituents is 1. The maximum atomic E-state index is 11.3. The summed E-state index contributed by atoms with van der Waals surface area (Å²) in [5.41, 5.74) is 11.0. The maximum absolute atomic E-state index is 11.3. The van der Waals surface area contributed by atoms with Crippen molar-refractivity contribution < 1.29 is 23.8 Å². The molecule has 0 atom stereocenters. The van der Waals surface area contributed by atoms with E-state index in [2.05, 4.69) is 73.8 Å². The highest BCUT2D eigenvalue weighted by atomic mass is 35.5. The van der Waals surface area contributed by atoms with Crippen LogP contribution in [0.2, 0.25) is 51.3 Å². The first kappa shape index (κ1) is 50.3. The number of halogens is 3. The first-order chi connectivity index (χ1) is 29.2. The van der Waals surface area contributed by atoms with Crippen LogP contribution in [0.25, 0.3) is 33.4 Å². The van der Waals surface area contributed by atoms with E-state index in [1.165, 1.54) is 24.3 Å². The largest absolute Gasteiger partial charge is 0.543 e. The Morgan fingerprint density at radius 1 is 0.524 bits per heavy atom. The van der Waals surface area contributed by atoms with Crippen molar-refractivity contribution in [2.75, 3.05) is 5.73 Å². The molecule has 0 aliphatic carbocycles. The molecule has 0 saturated heterocycles. The molecule has 6 aromatic rings. The van der Waals surface area contributed by atoms with E-state index in [0.29, 0.717) is 37.4 Å². The summed E-state index contributed by atoms with van der Waals surface area (Å²) in [5.74, 6) is 1.70.